The van der Waals surface area contributed by atoms with E-state index in [1.165, 1.54) is 20.3 Å². The topological polar surface area (TPSA) is 73.6 Å². The van der Waals surface area contributed by atoms with Crippen molar-refractivity contribution in [2.45, 2.75) is 26.3 Å². The number of hydrogen-bond acceptors (Lipinski definition) is 6. The van der Waals surface area contributed by atoms with Crippen LogP contribution in [0.5, 0.6) is 11.5 Å². The Hall–Kier alpha value is -1.63. The summed E-state index contributed by atoms with van der Waals surface area (Å²) in [5, 5.41) is 14.4. The summed E-state index contributed by atoms with van der Waals surface area (Å²) in [4.78, 5) is 10.8. The molecule has 1 N–H and O–H groups in total. The van der Waals surface area contributed by atoms with Crippen LogP contribution in [0.4, 0.5) is 11.4 Å². The molecule has 0 aliphatic carbocycles. The predicted octanol–water partition coefficient (Wildman–Crippen LogP) is 3.56. The molecule has 0 aliphatic rings. The van der Waals surface area contributed by atoms with Gasteiger partial charge in [-0.25, -0.2) is 0 Å². The molecule has 1 aromatic rings. The fraction of sp³-hybridized carbons (Fsp3) is 0.571. The van der Waals surface area contributed by atoms with Crippen molar-refractivity contribution in [1.29, 1.82) is 0 Å². The van der Waals surface area contributed by atoms with E-state index in [0.29, 0.717) is 17.2 Å². The molecule has 7 heteroatoms. The van der Waals surface area contributed by atoms with Gasteiger partial charge in [0.05, 0.1) is 25.2 Å². The van der Waals surface area contributed by atoms with Crippen molar-refractivity contribution in [2.24, 2.45) is 0 Å². The molecule has 0 saturated carbocycles. The number of hydrogen-bond donors (Lipinski definition) is 1. The van der Waals surface area contributed by atoms with Gasteiger partial charge in [0.15, 0.2) is 11.5 Å². The molecule has 1 atom stereocenters. The summed E-state index contributed by atoms with van der Waals surface area (Å²) in [6.07, 6.45) is 0.935. The van der Waals surface area contributed by atoms with Gasteiger partial charge in [-0.2, -0.15) is 11.8 Å². The summed E-state index contributed by atoms with van der Waals surface area (Å²) < 4.78 is 10.3. The number of rotatable bonds is 9. The van der Waals surface area contributed by atoms with E-state index >= 15 is 0 Å². The molecule has 0 amide bonds. The minimum absolute atomic E-state index is 0.0114. The number of thioether (sulfide) groups is 1. The largest absolute Gasteiger partial charge is 0.493 e. The van der Waals surface area contributed by atoms with Gasteiger partial charge in [-0.3, -0.25) is 10.1 Å². The van der Waals surface area contributed by atoms with Crippen molar-refractivity contribution in [2.75, 3.05) is 31.0 Å². The SMILES string of the molecule is CCSCCC(C)Nc1cc(OC)c(OC)cc1[N+](=O)[O-]. The molecule has 6 nitrogen and oxygen atoms in total. The first-order valence-electron chi connectivity index (χ1n) is 6.78. The predicted molar refractivity (Wildman–Crippen MR) is 86.9 cm³/mol. The summed E-state index contributed by atoms with van der Waals surface area (Å²) in [6, 6.07) is 3.13. The lowest BCUT2D eigenvalue weighted by Crippen LogP contribution is -2.17. The van der Waals surface area contributed by atoms with Crippen LogP contribution in [0, 0.1) is 10.1 Å². The fourth-order valence-electron chi connectivity index (χ4n) is 1.88. The molecule has 0 spiro atoms. The smallest absolute Gasteiger partial charge is 0.296 e. The number of nitro groups is 1. The zero-order valence-corrected chi connectivity index (χ0v) is 13.7. The molecule has 1 rings (SSSR count). The van der Waals surface area contributed by atoms with Crippen LogP contribution in [-0.2, 0) is 0 Å². The van der Waals surface area contributed by atoms with E-state index in [1.54, 1.807) is 6.07 Å². The Kier molecular flexibility index (Phi) is 7.14. The van der Waals surface area contributed by atoms with Crippen LogP contribution in [0.15, 0.2) is 12.1 Å². The Labute approximate surface area is 129 Å². The molecule has 0 aromatic heterocycles. The van der Waals surface area contributed by atoms with Gasteiger partial charge in [0.25, 0.3) is 5.69 Å². The zero-order valence-electron chi connectivity index (χ0n) is 12.8. The molecule has 0 heterocycles. The second kappa shape index (κ2) is 8.61. The van der Waals surface area contributed by atoms with E-state index in [4.69, 9.17) is 9.47 Å². The normalized spacial score (nSPS) is 11.8. The van der Waals surface area contributed by atoms with Crippen molar-refractivity contribution in [3.8, 4) is 11.5 Å². The van der Waals surface area contributed by atoms with E-state index in [1.807, 2.05) is 18.7 Å². The van der Waals surface area contributed by atoms with Gasteiger partial charge in [-0.05, 0) is 24.9 Å². The highest BCUT2D eigenvalue weighted by Gasteiger charge is 2.20. The van der Waals surface area contributed by atoms with Crippen LogP contribution in [0.1, 0.15) is 20.3 Å². The number of methoxy groups -OCH3 is 2. The Morgan fingerprint density at radius 2 is 1.95 bits per heavy atom. The van der Waals surface area contributed by atoms with Crippen molar-refractivity contribution in [1.82, 2.24) is 0 Å². The van der Waals surface area contributed by atoms with Crippen molar-refractivity contribution in [3.05, 3.63) is 22.2 Å². The summed E-state index contributed by atoms with van der Waals surface area (Å²) in [5.74, 6) is 2.92. The standard InChI is InChI=1S/C14H22N2O4S/c1-5-21-7-6-10(2)15-11-8-13(19-3)14(20-4)9-12(11)16(17)18/h8-10,15H,5-7H2,1-4H3. The monoisotopic (exact) mass is 314 g/mol. The molecule has 21 heavy (non-hydrogen) atoms. The van der Waals surface area contributed by atoms with E-state index in [2.05, 4.69) is 12.2 Å². The molecule has 0 saturated heterocycles. The van der Waals surface area contributed by atoms with Crippen LogP contribution < -0.4 is 14.8 Å². The zero-order chi connectivity index (χ0) is 15.8. The number of nitrogens with one attached hydrogen (secondary N) is 1. The summed E-state index contributed by atoms with van der Waals surface area (Å²) in [5.41, 5.74) is 0.439. The molecule has 118 valence electrons. The first-order valence-corrected chi connectivity index (χ1v) is 7.93. The van der Waals surface area contributed by atoms with Gasteiger partial charge in [0, 0.05) is 12.1 Å². The van der Waals surface area contributed by atoms with Crippen molar-refractivity contribution < 1.29 is 14.4 Å². The Balaban J connectivity index is 2.95. The Bertz CT molecular complexity index is 482. The number of benzene rings is 1. The minimum atomic E-state index is -0.419. The van der Waals surface area contributed by atoms with Gasteiger partial charge in [0.1, 0.15) is 5.69 Å². The molecule has 1 aromatic carbocycles. The maximum atomic E-state index is 11.2. The summed E-state index contributed by atoms with van der Waals surface area (Å²) >= 11 is 1.85. The number of anilines is 1. The van der Waals surface area contributed by atoms with E-state index < -0.39 is 4.92 Å². The summed E-state index contributed by atoms with van der Waals surface area (Å²) in [7, 11) is 2.97. The maximum Gasteiger partial charge on any atom is 0.296 e. The molecule has 0 aliphatic heterocycles. The third-order valence-corrected chi connectivity index (χ3v) is 3.93. The summed E-state index contributed by atoms with van der Waals surface area (Å²) in [6.45, 7) is 4.12. The highest BCUT2D eigenvalue weighted by Crippen LogP contribution is 2.38. The van der Waals surface area contributed by atoms with E-state index in [0.717, 1.165) is 17.9 Å². The first-order chi connectivity index (χ1) is 10.0. The lowest BCUT2D eigenvalue weighted by molar-refractivity contribution is -0.384. The molecule has 0 radical (unpaired) electrons. The fourth-order valence-corrected chi connectivity index (χ4v) is 2.69. The number of ether oxygens (including phenoxy) is 2. The third kappa shape index (κ3) is 5.00. The molecule has 0 fully saturated rings. The van der Waals surface area contributed by atoms with Gasteiger partial charge in [-0.1, -0.05) is 6.92 Å². The molecular formula is C14H22N2O4S. The van der Waals surface area contributed by atoms with Crippen LogP contribution in [0.25, 0.3) is 0 Å². The maximum absolute atomic E-state index is 11.2. The van der Waals surface area contributed by atoms with Crippen LogP contribution in [0.2, 0.25) is 0 Å². The molecule has 0 bridgehead atoms. The lowest BCUT2D eigenvalue weighted by Gasteiger charge is -2.17. The Morgan fingerprint density at radius 1 is 1.33 bits per heavy atom. The van der Waals surface area contributed by atoms with E-state index in [-0.39, 0.29) is 11.7 Å². The van der Waals surface area contributed by atoms with Gasteiger partial charge in [-0.15, -0.1) is 0 Å². The quantitative estimate of drug-likeness (QED) is 0.427. The minimum Gasteiger partial charge on any atom is -0.493 e. The van der Waals surface area contributed by atoms with Crippen LogP contribution in [0.3, 0.4) is 0 Å². The molecule has 1 unspecified atom stereocenters. The number of nitro benzene ring substituents is 1. The second-order valence-electron chi connectivity index (χ2n) is 4.51. The van der Waals surface area contributed by atoms with Gasteiger partial charge >= 0.3 is 0 Å². The van der Waals surface area contributed by atoms with Crippen LogP contribution >= 0.6 is 11.8 Å². The average molecular weight is 314 g/mol. The Morgan fingerprint density at radius 3 is 2.48 bits per heavy atom. The second-order valence-corrected chi connectivity index (χ2v) is 5.91. The van der Waals surface area contributed by atoms with Gasteiger partial charge < -0.3 is 14.8 Å². The first kappa shape index (κ1) is 17.4. The average Bonchev–Trinajstić information content (AvgIpc) is 2.46. The van der Waals surface area contributed by atoms with Gasteiger partial charge in [0.2, 0.25) is 0 Å². The third-order valence-electron chi connectivity index (χ3n) is 3.00. The lowest BCUT2D eigenvalue weighted by atomic mass is 10.2. The number of nitrogens with zero attached hydrogens (tertiary/aromatic N) is 1. The molecular weight excluding hydrogens is 292 g/mol. The highest BCUT2D eigenvalue weighted by molar-refractivity contribution is 7.99. The van der Waals surface area contributed by atoms with E-state index in [9.17, 15) is 10.1 Å². The van der Waals surface area contributed by atoms with Crippen molar-refractivity contribution in [3.63, 3.8) is 0 Å². The van der Waals surface area contributed by atoms with Crippen LogP contribution in [-0.4, -0.2) is 36.7 Å². The highest BCUT2D eigenvalue weighted by atomic mass is 32.2. The van der Waals surface area contributed by atoms with Crippen molar-refractivity contribution >= 4 is 23.1 Å².